The van der Waals surface area contributed by atoms with Crippen molar-refractivity contribution in [1.29, 1.82) is 0 Å². The molecular weight excluding hydrogens is 406 g/mol. The number of nitrogens with zero attached hydrogens (tertiary/aromatic N) is 2. The van der Waals surface area contributed by atoms with Gasteiger partial charge in [-0.15, -0.1) is 0 Å². The summed E-state index contributed by atoms with van der Waals surface area (Å²) in [7, 11) is 2.11. The Morgan fingerprint density at radius 3 is 2.77 bits per heavy atom. The molecule has 0 aromatic heterocycles. The number of nitrogens with one attached hydrogen (secondary N) is 1. The van der Waals surface area contributed by atoms with E-state index in [1.807, 2.05) is 48.5 Å². The first-order valence-corrected chi connectivity index (χ1v) is 11.0. The van der Waals surface area contributed by atoms with E-state index in [2.05, 4.69) is 49.3 Å². The maximum Gasteiger partial charge on any atom is 0.244 e. The number of hydrogen-bond donors (Lipinski definition) is 1. The van der Waals surface area contributed by atoms with Crippen molar-refractivity contribution in [3.8, 4) is 0 Å². The molecule has 0 aliphatic carbocycles. The molecular formula is C26H28ClN3O. The van der Waals surface area contributed by atoms with Gasteiger partial charge in [0.2, 0.25) is 5.91 Å². The minimum atomic E-state index is -0.156. The van der Waals surface area contributed by atoms with E-state index < -0.39 is 0 Å². The van der Waals surface area contributed by atoms with Crippen LogP contribution in [-0.2, 0) is 11.2 Å². The number of fused-ring (bicyclic) bond motifs is 2. The van der Waals surface area contributed by atoms with Gasteiger partial charge in [0, 0.05) is 23.8 Å². The monoisotopic (exact) mass is 433 g/mol. The maximum atomic E-state index is 12.5. The van der Waals surface area contributed by atoms with Gasteiger partial charge in [-0.1, -0.05) is 61.0 Å². The Balaban J connectivity index is 1.49. The van der Waals surface area contributed by atoms with Gasteiger partial charge in [-0.3, -0.25) is 4.79 Å². The van der Waals surface area contributed by atoms with Crippen LogP contribution < -0.4 is 10.3 Å². The van der Waals surface area contributed by atoms with E-state index >= 15 is 0 Å². The quantitative estimate of drug-likeness (QED) is 0.410. The average Bonchev–Trinajstić information content (AvgIpc) is 2.73. The lowest BCUT2D eigenvalue weighted by molar-refractivity contribution is -0.120. The first-order chi connectivity index (χ1) is 14.8. The second kappa shape index (κ2) is 8.35. The fraction of sp³-hybridized carbons (Fsp3) is 0.308. The topological polar surface area (TPSA) is 44.7 Å². The number of amides is 1. The molecule has 1 atom stereocenters. The van der Waals surface area contributed by atoms with E-state index in [0.29, 0.717) is 10.9 Å². The van der Waals surface area contributed by atoms with E-state index in [1.54, 1.807) is 6.21 Å². The van der Waals surface area contributed by atoms with Crippen molar-refractivity contribution in [2.24, 2.45) is 5.10 Å². The Morgan fingerprint density at radius 1 is 1.23 bits per heavy atom. The summed E-state index contributed by atoms with van der Waals surface area (Å²) < 4.78 is 0. The molecule has 1 unspecified atom stereocenters. The summed E-state index contributed by atoms with van der Waals surface area (Å²) in [6, 6.07) is 18.2. The van der Waals surface area contributed by atoms with Crippen molar-refractivity contribution in [2.75, 3.05) is 11.9 Å². The summed E-state index contributed by atoms with van der Waals surface area (Å²) >= 11 is 6.55. The lowest BCUT2D eigenvalue weighted by Crippen LogP contribution is -2.45. The lowest BCUT2D eigenvalue weighted by Gasteiger charge is -2.45. The van der Waals surface area contributed by atoms with Crippen LogP contribution in [0.2, 0.25) is 5.02 Å². The Bertz CT molecular complexity index is 1160. The zero-order valence-electron chi connectivity index (χ0n) is 18.4. The molecule has 31 heavy (non-hydrogen) atoms. The molecule has 1 N–H and O–H groups in total. The highest BCUT2D eigenvalue weighted by atomic mass is 35.5. The normalized spacial score (nSPS) is 17.7. The van der Waals surface area contributed by atoms with Crippen LogP contribution in [0.1, 0.15) is 49.8 Å². The van der Waals surface area contributed by atoms with E-state index in [4.69, 9.17) is 11.6 Å². The van der Waals surface area contributed by atoms with Crippen LogP contribution in [0, 0.1) is 0 Å². The van der Waals surface area contributed by atoms with Crippen molar-refractivity contribution < 1.29 is 4.79 Å². The Morgan fingerprint density at radius 2 is 1.97 bits per heavy atom. The third kappa shape index (κ3) is 4.31. The fourth-order valence-corrected chi connectivity index (χ4v) is 4.74. The maximum absolute atomic E-state index is 12.5. The van der Waals surface area contributed by atoms with E-state index in [9.17, 15) is 4.79 Å². The van der Waals surface area contributed by atoms with Crippen LogP contribution in [0.5, 0.6) is 0 Å². The number of halogens is 1. The summed E-state index contributed by atoms with van der Waals surface area (Å²) in [4.78, 5) is 14.8. The molecule has 3 aromatic carbocycles. The molecule has 0 radical (unpaired) electrons. The summed E-state index contributed by atoms with van der Waals surface area (Å²) in [5, 5.41) is 7.02. The van der Waals surface area contributed by atoms with Crippen LogP contribution in [0.4, 0.5) is 5.69 Å². The average molecular weight is 434 g/mol. The van der Waals surface area contributed by atoms with Crippen molar-refractivity contribution in [1.82, 2.24) is 5.43 Å². The molecule has 0 fully saturated rings. The zero-order valence-corrected chi connectivity index (χ0v) is 19.2. The van der Waals surface area contributed by atoms with Crippen LogP contribution in [-0.4, -0.2) is 24.7 Å². The number of benzene rings is 3. The number of hydrazone groups is 1. The molecule has 4 nitrogen and oxygen atoms in total. The highest BCUT2D eigenvalue weighted by molar-refractivity contribution is 6.33. The van der Waals surface area contributed by atoms with Gasteiger partial charge in [-0.05, 0) is 60.2 Å². The molecule has 1 heterocycles. The second-order valence-corrected chi connectivity index (χ2v) is 9.42. The van der Waals surface area contributed by atoms with E-state index in [-0.39, 0.29) is 17.9 Å². The Hall–Kier alpha value is -2.85. The third-order valence-corrected chi connectivity index (χ3v) is 6.70. The van der Waals surface area contributed by atoms with Crippen LogP contribution >= 0.6 is 11.6 Å². The van der Waals surface area contributed by atoms with Crippen molar-refractivity contribution >= 4 is 40.2 Å². The molecule has 5 heteroatoms. The van der Waals surface area contributed by atoms with Gasteiger partial charge >= 0.3 is 0 Å². The Kier molecular flexibility index (Phi) is 5.76. The van der Waals surface area contributed by atoms with Crippen LogP contribution in [0.25, 0.3) is 10.8 Å². The molecule has 4 rings (SSSR count). The van der Waals surface area contributed by atoms with Gasteiger partial charge in [0.15, 0.2) is 0 Å². The van der Waals surface area contributed by atoms with Crippen LogP contribution in [0.15, 0.2) is 59.7 Å². The molecule has 0 saturated heterocycles. The van der Waals surface area contributed by atoms with Crippen molar-refractivity contribution in [2.45, 2.75) is 45.1 Å². The number of carbonyl (C=O) groups is 1. The molecule has 3 aromatic rings. The summed E-state index contributed by atoms with van der Waals surface area (Å²) in [5.41, 5.74) is 6.94. The summed E-state index contributed by atoms with van der Waals surface area (Å²) in [6.07, 6.45) is 2.97. The molecule has 0 spiro atoms. The predicted octanol–water partition coefficient (Wildman–Crippen LogP) is 5.91. The molecule has 1 amide bonds. The van der Waals surface area contributed by atoms with Gasteiger partial charge in [-0.25, -0.2) is 5.43 Å². The molecule has 160 valence electrons. The van der Waals surface area contributed by atoms with E-state index in [0.717, 1.165) is 34.0 Å². The fourth-order valence-electron chi connectivity index (χ4n) is 4.54. The van der Waals surface area contributed by atoms with E-state index in [1.165, 1.54) is 5.56 Å². The number of carbonyl (C=O) groups excluding carboxylic acids is 1. The zero-order chi connectivity index (χ0) is 22.2. The first-order valence-electron chi connectivity index (χ1n) is 10.6. The third-order valence-electron chi connectivity index (χ3n) is 6.38. The largest absolute Gasteiger partial charge is 0.369 e. The van der Waals surface area contributed by atoms with Crippen molar-refractivity contribution in [3.05, 3.63) is 76.3 Å². The molecule has 1 aliphatic heterocycles. The number of rotatable bonds is 4. The first kappa shape index (κ1) is 21.4. The van der Waals surface area contributed by atoms with Gasteiger partial charge in [0.1, 0.15) is 0 Å². The van der Waals surface area contributed by atoms with Gasteiger partial charge in [0.05, 0.1) is 17.7 Å². The smallest absolute Gasteiger partial charge is 0.244 e. The molecule has 1 aliphatic rings. The number of hydrogen-bond acceptors (Lipinski definition) is 3. The lowest BCUT2D eigenvalue weighted by atomic mass is 9.80. The van der Waals surface area contributed by atoms with Crippen molar-refractivity contribution in [3.63, 3.8) is 0 Å². The van der Waals surface area contributed by atoms with Gasteiger partial charge in [0.25, 0.3) is 0 Å². The summed E-state index contributed by atoms with van der Waals surface area (Å²) in [6.45, 7) is 6.75. The number of anilines is 1. The van der Waals surface area contributed by atoms with Gasteiger partial charge < -0.3 is 4.90 Å². The minimum Gasteiger partial charge on any atom is -0.369 e. The highest BCUT2D eigenvalue weighted by Gasteiger charge is 2.34. The van der Waals surface area contributed by atoms with Gasteiger partial charge in [-0.2, -0.15) is 5.10 Å². The standard InChI is InChI=1S/C26H28ClN3O/c1-17-15-26(2,3)30(4)24-14-23(27)20(12-22(17)24)16-28-29-25(31)13-19-10-7-9-18-8-5-6-11-21(18)19/h5-12,14,16-17H,13,15H2,1-4H3,(H,29,31)/b28-16+. The minimum absolute atomic E-state index is 0.0843. The SMILES string of the molecule is CC1CC(C)(C)N(C)c2cc(Cl)c(/C=N/NC(=O)Cc3cccc4ccccc34)cc21. The Labute approximate surface area is 188 Å². The predicted molar refractivity (Wildman–Crippen MR) is 130 cm³/mol. The second-order valence-electron chi connectivity index (χ2n) is 9.02. The van der Waals surface area contributed by atoms with Crippen LogP contribution in [0.3, 0.4) is 0 Å². The molecule has 0 saturated carbocycles. The highest BCUT2D eigenvalue weighted by Crippen LogP contribution is 2.44. The molecule has 0 bridgehead atoms. The summed E-state index contributed by atoms with van der Waals surface area (Å²) in [5.74, 6) is 0.267.